The van der Waals surface area contributed by atoms with Gasteiger partial charge in [-0.1, -0.05) is 5.16 Å². The molecule has 1 aromatic rings. The fraction of sp³-hybridized carbons (Fsp3) is 0.533. The molecular weight excluding hydrogens is 421 g/mol. The van der Waals surface area contributed by atoms with E-state index in [0.29, 0.717) is 0 Å². The van der Waals surface area contributed by atoms with Crippen LogP contribution in [0.4, 0.5) is 13.2 Å². The van der Waals surface area contributed by atoms with Crippen LogP contribution in [0.5, 0.6) is 5.75 Å². The summed E-state index contributed by atoms with van der Waals surface area (Å²) in [5, 5.41) is 14.6. The van der Waals surface area contributed by atoms with Crippen molar-refractivity contribution in [2.24, 2.45) is 16.8 Å². The Morgan fingerprint density at radius 2 is 2.15 bits per heavy atom. The summed E-state index contributed by atoms with van der Waals surface area (Å²) in [4.78, 5) is 16.4. The summed E-state index contributed by atoms with van der Waals surface area (Å²) in [6.45, 7) is 2.47. The van der Waals surface area contributed by atoms with Crippen molar-refractivity contribution in [1.82, 2.24) is 10.3 Å². The summed E-state index contributed by atoms with van der Waals surface area (Å²) in [5.74, 6) is -1.01. The van der Waals surface area contributed by atoms with E-state index in [1.807, 2.05) is 0 Å². The molecule has 0 aromatic carbocycles. The van der Waals surface area contributed by atoms with Crippen LogP contribution in [0, 0.1) is 5.92 Å². The van der Waals surface area contributed by atoms with E-state index in [-0.39, 0.29) is 27.7 Å². The first-order chi connectivity index (χ1) is 12.0. The van der Waals surface area contributed by atoms with E-state index in [9.17, 15) is 18.0 Å². The molecule has 0 aliphatic heterocycles. The van der Waals surface area contributed by atoms with Crippen LogP contribution in [0.3, 0.4) is 0 Å². The zero-order valence-corrected chi connectivity index (χ0v) is 15.6. The number of carbonyl (C=O) groups excluding carboxylic acids is 1. The summed E-state index contributed by atoms with van der Waals surface area (Å²) < 4.78 is 43.1. The average Bonchev–Trinajstić information content (AvgIpc) is 3.40. The van der Waals surface area contributed by atoms with Gasteiger partial charge < -0.3 is 21.0 Å². The molecule has 1 aliphatic carbocycles. The number of amidine groups is 1. The van der Waals surface area contributed by atoms with Gasteiger partial charge >= 0.3 is 6.18 Å². The van der Waals surface area contributed by atoms with Crippen LogP contribution < -0.4 is 15.8 Å². The number of halogens is 4. The quantitative estimate of drug-likeness (QED) is 0.273. The number of hydrogen-bond donors (Lipinski definition) is 3. The lowest BCUT2D eigenvalue weighted by molar-refractivity contribution is -0.189. The number of nitrogens with zero attached hydrogens (tertiary/aromatic N) is 2. The minimum Gasteiger partial charge on any atom is -0.480 e. The number of pyridine rings is 1. The molecule has 26 heavy (non-hydrogen) atoms. The van der Waals surface area contributed by atoms with E-state index in [4.69, 9.17) is 15.7 Å². The number of nitrogens with one attached hydrogen (secondary N) is 1. The molecule has 1 aromatic heterocycles. The van der Waals surface area contributed by atoms with Crippen molar-refractivity contribution < 1.29 is 27.9 Å². The first-order valence-electron chi connectivity index (χ1n) is 7.68. The van der Waals surface area contributed by atoms with Crippen molar-refractivity contribution in [1.29, 1.82) is 0 Å². The number of nitrogens with two attached hydrogens (primary N) is 1. The predicted octanol–water partition coefficient (Wildman–Crippen LogP) is 2.82. The Morgan fingerprint density at radius 1 is 1.54 bits per heavy atom. The molecule has 4 N–H and O–H groups in total. The van der Waals surface area contributed by atoms with Gasteiger partial charge in [0.25, 0.3) is 5.91 Å². The van der Waals surface area contributed by atoms with Gasteiger partial charge in [0.05, 0.1) is 4.47 Å². The maximum atomic E-state index is 12.7. The van der Waals surface area contributed by atoms with E-state index in [0.717, 1.165) is 25.8 Å². The van der Waals surface area contributed by atoms with Crippen LogP contribution in [-0.2, 0) is 0 Å². The maximum absolute atomic E-state index is 12.7. The highest BCUT2D eigenvalue weighted by Crippen LogP contribution is 2.40. The summed E-state index contributed by atoms with van der Waals surface area (Å²) in [7, 11) is 0. The Balaban J connectivity index is 2.23. The lowest BCUT2D eigenvalue weighted by Crippen LogP contribution is -2.57. The van der Waals surface area contributed by atoms with E-state index in [2.05, 4.69) is 31.4 Å². The Kier molecular flexibility index (Phi) is 5.69. The molecule has 1 unspecified atom stereocenters. The van der Waals surface area contributed by atoms with Gasteiger partial charge in [-0.05, 0) is 48.5 Å². The second-order valence-corrected chi connectivity index (χ2v) is 7.07. The summed E-state index contributed by atoms with van der Waals surface area (Å²) in [5.41, 5.74) is 4.45. The van der Waals surface area contributed by atoms with Gasteiger partial charge in [-0.3, -0.25) is 4.79 Å². The van der Waals surface area contributed by atoms with Crippen LogP contribution in [0.2, 0.25) is 0 Å². The number of ether oxygens (including phenoxy) is 1. The summed E-state index contributed by atoms with van der Waals surface area (Å²) >= 11 is 3.05. The highest BCUT2D eigenvalue weighted by molar-refractivity contribution is 9.10. The molecule has 0 bridgehead atoms. The van der Waals surface area contributed by atoms with Gasteiger partial charge in [-0.25, -0.2) is 4.98 Å². The number of hydrogen-bond acceptors (Lipinski definition) is 5. The zero-order chi connectivity index (χ0) is 19.7. The average molecular weight is 439 g/mol. The van der Waals surface area contributed by atoms with Crippen molar-refractivity contribution in [2.75, 3.05) is 0 Å². The highest BCUT2D eigenvalue weighted by Gasteiger charge is 2.46. The van der Waals surface area contributed by atoms with Crippen LogP contribution in [0.15, 0.2) is 21.9 Å². The number of oxime groups is 1. The highest BCUT2D eigenvalue weighted by atomic mass is 79.9. The van der Waals surface area contributed by atoms with Crippen molar-refractivity contribution in [3.8, 4) is 5.75 Å². The second-order valence-electron chi connectivity index (χ2n) is 6.22. The molecule has 7 nitrogen and oxygen atoms in total. The fourth-order valence-corrected chi connectivity index (χ4v) is 2.64. The number of rotatable bonds is 6. The topological polar surface area (TPSA) is 110 Å². The molecule has 0 spiro atoms. The smallest absolute Gasteiger partial charge is 0.425 e. The first kappa shape index (κ1) is 20.3. The van der Waals surface area contributed by atoms with Gasteiger partial charge in [0, 0.05) is 12.3 Å². The zero-order valence-electron chi connectivity index (χ0n) is 14.0. The minimum atomic E-state index is -4.55. The maximum Gasteiger partial charge on any atom is 0.425 e. The van der Waals surface area contributed by atoms with Gasteiger partial charge in [0.2, 0.25) is 0 Å². The normalized spacial score (nSPS) is 18.8. The lowest BCUT2D eigenvalue weighted by Gasteiger charge is -2.29. The van der Waals surface area contributed by atoms with Crippen molar-refractivity contribution in [3.05, 3.63) is 22.4 Å². The molecular formula is C15H18BrF3N4O3. The van der Waals surface area contributed by atoms with Crippen LogP contribution in [0.1, 0.15) is 37.2 Å². The van der Waals surface area contributed by atoms with E-state index in [1.165, 1.54) is 6.20 Å². The summed E-state index contributed by atoms with van der Waals surface area (Å²) in [6.07, 6.45) is -3.87. The van der Waals surface area contributed by atoms with Gasteiger partial charge in [-0.15, -0.1) is 0 Å². The Hall–Kier alpha value is -2.04. The van der Waals surface area contributed by atoms with Crippen molar-refractivity contribution in [2.45, 2.75) is 44.5 Å². The van der Waals surface area contributed by atoms with E-state index in [1.54, 1.807) is 6.92 Å². The molecule has 2 atom stereocenters. The van der Waals surface area contributed by atoms with Gasteiger partial charge in [-0.2, -0.15) is 13.2 Å². The Bertz CT molecular complexity index is 725. The number of aromatic nitrogens is 1. The third kappa shape index (κ3) is 4.37. The lowest BCUT2D eigenvalue weighted by atomic mass is 9.94. The number of alkyl halides is 3. The molecule has 11 heteroatoms. The first-order valence-corrected chi connectivity index (χ1v) is 8.47. The SMILES string of the molecule is C[C@H](Oc1cc(C(=O)NC(C)(/C(N)=N\O)C2CC2)ncc1Br)C(F)(F)F. The third-order valence-corrected chi connectivity index (χ3v) is 4.82. The third-order valence-electron chi connectivity index (χ3n) is 4.22. The van der Waals surface area contributed by atoms with E-state index >= 15 is 0 Å². The monoisotopic (exact) mass is 438 g/mol. The Labute approximate surface area is 155 Å². The summed E-state index contributed by atoms with van der Waals surface area (Å²) in [6, 6.07) is 1.10. The number of carbonyl (C=O) groups is 1. The molecule has 1 fully saturated rings. The van der Waals surface area contributed by atoms with Gasteiger partial charge in [0.1, 0.15) is 17.0 Å². The number of amides is 1. The standard InChI is InChI=1S/C15H18BrF3N4O3/c1-7(15(17,18)19)26-11-5-10(21-6-9(11)16)12(24)22-14(2,8-3-4-8)13(20)23-25/h5-8,25H,3-4H2,1-2H3,(H2,20,23)(H,22,24)/t7-,14?/m0/s1. The molecule has 1 aliphatic rings. The second kappa shape index (κ2) is 7.29. The van der Waals surface area contributed by atoms with E-state index < -0.39 is 23.7 Å². The minimum absolute atomic E-state index is 0.00114. The molecule has 144 valence electrons. The van der Waals surface area contributed by atoms with Crippen molar-refractivity contribution >= 4 is 27.7 Å². The molecule has 2 rings (SSSR count). The van der Waals surface area contributed by atoms with Gasteiger partial charge in [0.15, 0.2) is 11.9 Å². The molecule has 1 heterocycles. The van der Waals surface area contributed by atoms with Crippen LogP contribution in [0.25, 0.3) is 0 Å². The molecule has 0 radical (unpaired) electrons. The largest absolute Gasteiger partial charge is 0.480 e. The Morgan fingerprint density at radius 3 is 2.65 bits per heavy atom. The van der Waals surface area contributed by atoms with Crippen LogP contribution >= 0.6 is 15.9 Å². The fourth-order valence-electron chi connectivity index (χ4n) is 2.33. The molecule has 1 amide bonds. The van der Waals surface area contributed by atoms with Crippen molar-refractivity contribution in [3.63, 3.8) is 0 Å². The molecule has 0 saturated heterocycles. The van der Waals surface area contributed by atoms with Crippen LogP contribution in [-0.4, -0.2) is 39.8 Å². The predicted molar refractivity (Wildman–Crippen MR) is 90.1 cm³/mol. The molecule has 1 saturated carbocycles.